The molecule has 0 saturated carbocycles. The second-order valence-corrected chi connectivity index (χ2v) is 10.7. The van der Waals surface area contributed by atoms with Gasteiger partial charge in [0, 0.05) is 37.1 Å². The number of halogens is 2. The van der Waals surface area contributed by atoms with Gasteiger partial charge in [0.25, 0.3) is 0 Å². The number of nitrogens with two attached hydrogens (primary N) is 1. The third-order valence-corrected chi connectivity index (χ3v) is 8.09. The number of ether oxygens (including phenoxy) is 2. The molecule has 1 aliphatic rings. The molecule has 2 aromatic carbocycles. The van der Waals surface area contributed by atoms with Gasteiger partial charge in [-0.25, -0.2) is 9.50 Å². The molecule has 2 aromatic heterocycles. The van der Waals surface area contributed by atoms with Gasteiger partial charge in [-0.3, -0.25) is 9.59 Å². The molecule has 1 fully saturated rings. The zero-order valence-corrected chi connectivity index (χ0v) is 24.4. The van der Waals surface area contributed by atoms with E-state index in [1.165, 1.54) is 19.5 Å². The highest BCUT2D eigenvalue weighted by molar-refractivity contribution is 6.42. The summed E-state index contributed by atoms with van der Waals surface area (Å²) in [6.45, 7) is 4.70. The first-order valence-corrected chi connectivity index (χ1v) is 14.1. The number of rotatable bonds is 9. The van der Waals surface area contributed by atoms with Gasteiger partial charge in [-0.2, -0.15) is 5.10 Å². The van der Waals surface area contributed by atoms with Gasteiger partial charge in [0.2, 0.25) is 5.91 Å². The lowest BCUT2D eigenvalue weighted by molar-refractivity contribution is -0.137. The summed E-state index contributed by atoms with van der Waals surface area (Å²) < 4.78 is 13.5. The van der Waals surface area contributed by atoms with Gasteiger partial charge >= 0.3 is 5.97 Å². The number of aromatic nitrogens is 3. The summed E-state index contributed by atoms with van der Waals surface area (Å²) in [5, 5.41) is 14.9. The second-order valence-electron chi connectivity index (χ2n) is 9.91. The Bertz CT molecular complexity index is 1690. The Morgan fingerprint density at radius 3 is 2.71 bits per heavy atom. The Kier molecular flexibility index (Phi) is 8.56. The lowest BCUT2D eigenvalue weighted by Gasteiger charge is -2.32. The minimum absolute atomic E-state index is 0.109. The monoisotopic (exact) mass is 609 g/mol. The van der Waals surface area contributed by atoms with Crippen LogP contribution in [0.5, 0.6) is 17.2 Å². The predicted molar refractivity (Wildman–Crippen MR) is 161 cm³/mol. The number of hydrogen-bond donors (Lipinski definition) is 2. The normalized spacial score (nSPS) is 15.0. The summed E-state index contributed by atoms with van der Waals surface area (Å²) in [5.74, 6) is 0.391. The number of carboxylic acids is 1. The lowest BCUT2D eigenvalue weighted by atomic mass is 9.88. The molecule has 0 aliphatic carbocycles. The molecule has 1 saturated heterocycles. The molecule has 218 valence electrons. The zero-order chi connectivity index (χ0) is 30.0. The Hall–Kier alpha value is -4.28. The van der Waals surface area contributed by atoms with Crippen LogP contribution in [-0.4, -0.2) is 56.7 Å². The van der Waals surface area contributed by atoms with Gasteiger partial charge in [0.05, 0.1) is 22.8 Å². The van der Waals surface area contributed by atoms with Crippen molar-refractivity contribution in [3.8, 4) is 28.4 Å². The fourth-order valence-corrected chi connectivity index (χ4v) is 5.79. The molecule has 4 aromatic rings. The molecule has 42 heavy (non-hydrogen) atoms. The summed E-state index contributed by atoms with van der Waals surface area (Å²) in [5.41, 5.74) is 10.0. The molecule has 1 atom stereocenters. The van der Waals surface area contributed by atoms with E-state index in [1.807, 2.05) is 6.07 Å². The molecule has 5 rings (SSSR count). The van der Waals surface area contributed by atoms with E-state index in [4.69, 9.17) is 38.4 Å². The summed E-state index contributed by atoms with van der Waals surface area (Å²) in [4.78, 5) is 30.3. The van der Waals surface area contributed by atoms with E-state index in [0.29, 0.717) is 57.0 Å². The van der Waals surface area contributed by atoms with E-state index in [2.05, 4.69) is 16.7 Å². The van der Waals surface area contributed by atoms with Gasteiger partial charge in [0.15, 0.2) is 17.3 Å². The summed E-state index contributed by atoms with van der Waals surface area (Å²) in [6.07, 6.45) is 4.36. The van der Waals surface area contributed by atoms with Crippen molar-refractivity contribution < 1.29 is 24.2 Å². The molecule has 1 amide bonds. The fraction of sp³-hybridized carbons (Fsp3) is 0.267. The number of nitrogen functional groups attached to an aromatic ring is 1. The minimum Gasteiger partial charge on any atom is -0.493 e. The summed E-state index contributed by atoms with van der Waals surface area (Å²) >= 11 is 12.2. The third-order valence-electron chi connectivity index (χ3n) is 7.35. The van der Waals surface area contributed by atoms with E-state index >= 15 is 0 Å². The van der Waals surface area contributed by atoms with E-state index in [1.54, 1.807) is 39.7 Å². The van der Waals surface area contributed by atoms with Crippen molar-refractivity contribution in [3.63, 3.8) is 0 Å². The first-order valence-electron chi connectivity index (χ1n) is 13.3. The van der Waals surface area contributed by atoms with Crippen LogP contribution in [0.25, 0.3) is 16.6 Å². The number of hydrogen-bond acceptors (Lipinski definition) is 7. The molecule has 0 bridgehead atoms. The van der Waals surface area contributed by atoms with Crippen LogP contribution in [0, 0.1) is 0 Å². The maximum atomic E-state index is 12.5. The number of likely N-dealkylation sites (tertiary alicyclic amines) is 1. The molecule has 1 unspecified atom stereocenters. The molecule has 0 radical (unpaired) electrons. The Morgan fingerprint density at radius 2 is 2.00 bits per heavy atom. The maximum Gasteiger partial charge on any atom is 0.303 e. The number of aliphatic carboxylic acids is 1. The molecule has 1 aliphatic heterocycles. The van der Waals surface area contributed by atoms with Crippen molar-refractivity contribution in [3.05, 3.63) is 76.7 Å². The van der Waals surface area contributed by atoms with Crippen LogP contribution in [0.4, 0.5) is 5.82 Å². The van der Waals surface area contributed by atoms with Crippen LogP contribution in [0.1, 0.15) is 36.4 Å². The van der Waals surface area contributed by atoms with Crippen LogP contribution in [-0.2, 0) is 16.0 Å². The molecule has 12 heteroatoms. The molecule has 3 N–H and O–H groups in total. The molecule has 3 heterocycles. The first-order chi connectivity index (χ1) is 20.2. The highest BCUT2D eigenvalue weighted by Gasteiger charge is 2.32. The average molecular weight is 610 g/mol. The number of carbonyl (C=O) groups excluding carboxylic acids is 1. The van der Waals surface area contributed by atoms with Crippen molar-refractivity contribution in [1.29, 1.82) is 0 Å². The third kappa shape index (κ3) is 5.73. The largest absolute Gasteiger partial charge is 0.493 e. The number of benzene rings is 2. The van der Waals surface area contributed by atoms with Crippen LogP contribution >= 0.6 is 23.2 Å². The van der Waals surface area contributed by atoms with E-state index < -0.39 is 5.97 Å². The Balaban J connectivity index is 1.66. The number of amides is 1. The van der Waals surface area contributed by atoms with Crippen LogP contribution in [0.2, 0.25) is 10.0 Å². The van der Waals surface area contributed by atoms with Crippen molar-refractivity contribution in [2.24, 2.45) is 0 Å². The van der Waals surface area contributed by atoms with Crippen LogP contribution in [0.15, 0.2) is 55.4 Å². The molecular formula is C30H29Cl2N5O5. The van der Waals surface area contributed by atoms with Crippen molar-refractivity contribution >= 4 is 46.4 Å². The van der Waals surface area contributed by atoms with Gasteiger partial charge in [-0.15, -0.1) is 0 Å². The number of piperidine rings is 1. The SMILES string of the molecule is C=CC(=O)N1CCCC(c2c(CCC(=O)O)c(-c3ccc(Oc4ccc(Cl)c(Cl)c4)c(OC)c3)c3c(N)ncnn23)C1. The number of methoxy groups -OCH3 is 1. The average Bonchev–Trinajstić information content (AvgIpc) is 3.33. The zero-order valence-electron chi connectivity index (χ0n) is 22.8. The van der Waals surface area contributed by atoms with Gasteiger partial charge in [0.1, 0.15) is 17.6 Å². The summed E-state index contributed by atoms with van der Waals surface area (Å²) in [6, 6.07) is 10.4. The van der Waals surface area contributed by atoms with Gasteiger partial charge < -0.3 is 25.2 Å². The van der Waals surface area contributed by atoms with Crippen molar-refractivity contribution in [1.82, 2.24) is 19.5 Å². The number of anilines is 1. The number of carboxylic acid groups (broad SMARTS) is 1. The number of nitrogens with zero attached hydrogens (tertiary/aromatic N) is 4. The van der Waals surface area contributed by atoms with Gasteiger partial charge in [-0.05, 0) is 60.7 Å². The highest BCUT2D eigenvalue weighted by Crippen LogP contribution is 2.44. The molecule has 0 spiro atoms. The van der Waals surface area contributed by atoms with E-state index in [9.17, 15) is 14.7 Å². The Morgan fingerprint density at radius 1 is 1.19 bits per heavy atom. The molecular weight excluding hydrogens is 581 g/mol. The standard InChI is InChI=1S/C30H29Cl2N5O5/c1-3-25(38)36-12-4-5-18(15-36)28-20(8-11-26(39)40)27(29-30(33)34-16-35-37(28)29)17-6-10-23(24(13-17)41-2)42-19-7-9-21(31)22(32)14-19/h3,6-7,9-10,13-14,16,18H,1,4-5,8,11-12,15H2,2H3,(H,39,40)(H2,33,34,35). The quantitative estimate of drug-likeness (QED) is 0.221. The topological polar surface area (TPSA) is 132 Å². The van der Waals surface area contributed by atoms with Crippen LogP contribution < -0.4 is 15.2 Å². The van der Waals surface area contributed by atoms with E-state index in [0.717, 1.165) is 24.1 Å². The minimum atomic E-state index is -0.934. The first kappa shape index (κ1) is 29.2. The maximum absolute atomic E-state index is 12.5. The van der Waals surface area contributed by atoms with Crippen molar-refractivity contribution in [2.45, 2.75) is 31.6 Å². The lowest BCUT2D eigenvalue weighted by Crippen LogP contribution is -2.38. The van der Waals surface area contributed by atoms with Crippen molar-refractivity contribution in [2.75, 3.05) is 25.9 Å². The Labute approximate surface area is 252 Å². The predicted octanol–water partition coefficient (Wildman–Crippen LogP) is 6.00. The molecule has 10 nitrogen and oxygen atoms in total. The number of carbonyl (C=O) groups is 2. The fourth-order valence-electron chi connectivity index (χ4n) is 5.50. The van der Waals surface area contributed by atoms with Crippen LogP contribution in [0.3, 0.4) is 0 Å². The number of fused-ring (bicyclic) bond motifs is 1. The van der Waals surface area contributed by atoms with E-state index in [-0.39, 0.29) is 30.5 Å². The second kappa shape index (κ2) is 12.3. The van der Waals surface area contributed by atoms with Gasteiger partial charge in [-0.1, -0.05) is 35.8 Å². The highest BCUT2D eigenvalue weighted by atomic mass is 35.5. The summed E-state index contributed by atoms with van der Waals surface area (Å²) in [7, 11) is 1.53. The smallest absolute Gasteiger partial charge is 0.303 e.